The number of rotatable bonds is 3. The minimum atomic E-state index is -0.623. The highest BCUT2D eigenvalue weighted by molar-refractivity contribution is 5.97. The third-order valence-electron chi connectivity index (χ3n) is 6.84. The average molecular weight is 352 g/mol. The minimum absolute atomic E-state index is 0.00954. The number of hydrogen-bond donors (Lipinski definition) is 2. The van der Waals surface area contributed by atoms with E-state index >= 15 is 0 Å². The average Bonchev–Trinajstić information content (AvgIpc) is 3.40. The second-order valence-corrected chi connectivity index (χ2v) is 8.43. The number of ketones is 1. The molecule has 1 aromatic carbocycles. The summed E-state index contributed by atoms with van der Waals surface area (Å²) in [4.78, 5) is 26.7. The van der Waals surface area contributed by atoms with Crippen LogP contribution in [0.2, 0.25) is 0 Å². The third-order valence-corrected chi connectivity index (χ3v) is 6.84. The second-order valence-electron chi connectivity index (χ2n) is 8.43. The van der Waals surface area contributed by atoms with Crippen LogP contribution in [0.25, 0.3) is 0 Å². The molecule has 0 radical (unpaired) electrons. The van der Waals surface area contributed by atoms with Crippen molar-refractivity contribution in [2.75, 3.05) is 13.1 Å². The van der Waals surface area contributed by atoms with Gasteiger partial charge in [-0.1, -0.05) is 12.1 Å². The Morgan fingerprint density at radius 3 is 2.88 bits per heavy atom. The second kappa shape index (κ2) is 5.43. The van der Waals surface area contributed by atoms with Crippen molar-refractivity contribution in [3.63, 3.8) is 0 Å². The van der Waals surface area contributed by atoms with Crippen LogP contribution in [0.5, 0.6) is 5.75 Å². The Labute approximate surface area is 152 Å². The summed E-state index contributed by atoms with van der Waals surface area (Å²) in [6.45, 7) is 2.07. The van der Waals surface area contributed by atoms with E-state index in [1.54, 1.807) is 6.07 Å². The number of allylic oxidation sites excluding steroid dienone is 1. The summed E-state index contributed by atoms with van der Waals surface area (Å²) < 4.78 is 0. The van der Waals surface area contributed by atoms with Gasteiger partial charge in [-0.15, -0.1) is 0 Å². The van der Waals surface area contributed by atoms with Gasteiger partial charge < -0.3 is 10.8 Å². The molecule has 5 heteroatoms. The largest absolute Gasteiger partial charge is 0.507 e. The van der Waals surface area contributed by atoms with E-state index in [1.165, 1.54) is 18.4 Å². The summed E-state index contributed by atoms with van der Waals surface area (Å²) in [7, 11) is 0. The first-order valence-corrected chi connectivity index (χ1v) is 9.61. The van der Waals surface area contributed by atoms with E-state index in [2.05, 4.69) is 11.0 Å². The van der Waals surface area contributed by atoms with Gasteiger partial charge in [-0.05, 0) is 55.3 Å². The van der Waals surface area contributed by atoms with E-state index in [-0.39, 0.29) is 17.1 Å². The summed E-state index contributed by atoms with van der Waals surface area (Å²) in [6.07, 6.45) is 7.31. The zero-order chi connectivity index (χ0) is 18.1. The number of Topliss-reactive ketones (excluding diaryl/α,β-unsaturated/α-hetero) is 1. The van der Waals surface area contributed by atoms with Gasteiger partial charge in [0.15, 0.2) is 0 Å². The smallest absolute Gasteiger partial charge is 0.252 e. The molecular weight excluding hydrogens is 328 g/mol. The van der Waals surface area contributed by atoms with Gasteiger partial charge in [0.05, 0.1) is 5.56 Å². The number of nitrogens with two attached hydrogens (primary N) is 1. The number of likely N-dealkylation sites (tertiary alicyclic amines) is 1. The van der Waals surface area contributed by atoms with Crippen molar-refractivity contribution < 1.29 is 14.7 Å². The summed E-state index contributed by atoms with van der Waals surface area (Å²) in [5.41, 5.74) is 8.30. The fraction of sp³-hybridized carbons (Fsp3) is 0.524. The summed E-state index contributed by atoms with van der Waals surface area (Å²) in [6, 6.07) is 3.87. The lowest BCUT2D eigenvalue weighted by molar-refractivity contribution is -0.120. The molecule has 2 fully saturated rings. The molecule has 2 atom stereocenters. The van der Waals surface area contributed by atoms with Crippen molar-refractivity contribution in [3.8, 4) is 5.75 Å². The van der Waals surface area contributed by atoms with Crippen LogP contribution in [0.3, 0.4) is 0 Å². The lowest BCUT2D eigenvalue weighted by Crippen LogP contribution is -2.57. The number of benzene rings is 1. The Morgan fingerprint density at radius 2 is 2.15 bits per heavy atom. The number of phenols is 1. The van der Waals surface area contributed by atoms with Gasteiger partial charge in [0.2, 0.25) is 0 Å². The molecule has 1 saturated carbocycles. The highest BCUT2D eigenvalue weighted by atomic mass is 16.3. The SMILES string of the molecule is NC(=O)c1ccc2c(c1O)[C@]13CCN(CC4CC4)[C@H](C2)C1=CCC(=O)C3. The van der Waals surface area contributed by atoms with Crippen molar-refractivity contribution in [2.45, 2.75) is 50.0 Å². The van der Waals surface area contributed by atoms with Crippen LogP contribution in [-0.2, 0) is 16.6 Å². The molecule has 1 amide bonds. The van der Waals surface area contributed by atoms with Crippen LogP contribution < -0.4 is 5.73 Å². The van der Waals surface area contributed by atoms with Crippen LogP contribution in [0.4, 0.5) is 0 Å². The van der Waals surface area contributed by atoms with Gasteiger partial charge in [-0.3, -0.25) is 14.5 Å². The Balaban J connectivity index is 1.68. The summed E-state index contributed by atoms with van der Waals surface area (Å²) in [5.74, 6) is 0.396. The molecule has 136 valence electrons. The van der Waals surface area contributed by atoms with Crippen molar-refractivity contribution in [1.82, 2.24) is 4.90 Å². The molecule has 3 N–H and O–H groups in total. The Morgan fingerprint density at radius 1 is 1.35 bits per heavy atom. The number of hydrogen-bond acceptors (Lipinski definition) is 4. The topological polar surface area (TPSA) is 83.6 Å². The fourth-order valence-electron chi connectivity index (χ4n) is 5.50. The van der Waals surface area contributed by atoms with Crippen molar-refractivity contribution in [1.29, 1.82) is 0 Å². The Bertz CT molecular complexity index is 855. The fourth-order valence-corrected chi connectivity index (χ4v) is 5.50. The maximum atomic E-state index is 12.4. The molecule has 0 spiro atoms. The van der Waals surface area contributed by atoms with Crippen molar-refractivity contribution in [3.05, 3.63) is 40.5 Å². The predicted molar refractivity (Wildman–Crippen MR) is 97.0 cm³/mol. The highest BCUT2D eigenvalue weighted by Crippen LogP contribution is 2.56. The van der Waals surface area contributed by atoms with Gasteiger partial charge in [0.25, 0.3) is 5.91 Å². The first-order valence-electron chi connectivity index (χ1n) is 9.61. The van der Waals surface area contributed by atoms with E-state index in [0.29, 0.717) is 18.9 Å². The van der Waals surface area contributed by atoms with Crippen LogP contribution in [0.1, 0.15) is 53.6 Å². The maximum absolute atomic E-state index is 12.4. The quantitative estimate of drug-likeness (QED) is 0.816. The molecule has 0 aromatic heterocycles. The molecule has 26 heavy (non-hydrogen) atoms. The van der Waals surface area contributed by atoms with Crippen LogP contribution in [0, 0.1) is 5.92 Å². The third kappa shape index (κ3) is 2.19. The zero-order valence-corrected chi connectivity index (χ0v) is 14.8. The summed E-state index contributed by atoms with van der Waals surface area (Å²) in [5, 5.41) is 10.9. The van der Waals surface area contributed by atoms with E-state index in [1.807, 2.05) is 6.07 Å². The number of carbonyl (C=O) groups is 2. The standard InChI is InChI=1S/C21H24N2O3/c22-20(26)15-5-3-13-9-17-16-6-4-14(24)10-21(16,18(13)19(15)25)7-8-23(17)11-12-1-2-12/h3,5-6,12,17,25H,1-2,4,7-11H2,(H2,22,26)/t17-,21+/m1/s1. The van der Waals surface area contributed by atoms with Crippen LogP contribution >= 0.6 is 0 Å². The molecule has 5 nitrogen and oxygen atoms in total. The van der Waals surface area contributed by atoms with Crippen LogP contribution in [-0.4, -0.2) is 40.8 Å². The van der Waals surface area contributed by atoms with Gasteiger partial charge in [-0.2, -0.15) is 0 Å². The number of primary amides is 1. The first kappa shape index (κ1) is 16.1. The Kier molecular flexibility index (Phi) is 3.35. The normalized spacial score (nSPS) is 30.4. The molecule has 1 heterocycles. The van der Waals surface area contributed by atoms with Gasteiger partial charge >= 0.3 is 0 Å². The van der Waals surface area contributed by atoms with Gasteiger partial charge in [0.1, 0.15) is 11.5 Å². The van der Waals surface area contributed by atoms with E-state index < -0.39 is 11.3 Å². The molecule has 0 unspecified atom stereocenters. The molecule has 1 aliphatic heterocycles. The predicted octanol–water partition coefficient (Wildman–Crippen LogP) is 2.06. The molecule has 5 rings (SSSR count). The molecule has 2 bridgehead atoms. The van der Waals surface area contributed by atoms with E-state index in [4.69, 9.17) is 5.73 Å². The zero-order valence-electron chi connectivity index (χ0n) is 14.8. The number of amides is 1. The number of nitrogens with zero attached hydrogens (tertiary/aromatic N) is 1. The van der Waals surface area contributed by atoms with E-state index in [0.717, 1.165) is 43.0 Å². The monoisotopic (exact) mass is 352 g/mol. The minimum Gasteiger partial charge on any atom is -0.507 e. The lowest BCUT2D eigenvalue weighted by atomic mass is 9.56. The number of carbonyl (C=O) groups excluding carboxylic acids is 2. The highest BCUT2D eigenvalue weighted by Gasteiger charge is 2.53. The lowest BCUT2D eigenvalue weighted by Gasteiger charge is -2.54. The first-order chi connectivity index (χ1) is 12.5. The number of piperidine rings is 1. The summed E-state index contributed by atoms with van der Waals surface area (Å²) >= 11 is 0. The molecular formula is C21H24N2O3. The van der Waals surface area contributed by atoms with E-state index in [9.17, 15) is 14.7 Å². The van der Waals surface area contributed by atoms with Crippen molar-refractivity contribution >= 4 is 11.7 Å². The van der Waals surface area contributed by atoms with Crippen molar-refractivity contribution in [2.24, 2.45) is 11.7 Å². The van der Waals surface area contributed by atoms with Crippen LogP contribution in [0.15, 0.2) is 23.8 Å². The molecule has 1 saturated heterocycles. The number of fused-ring (bicyclic) bond motifs is 1. The maximum Gasteiger partial charge on any atom is 0.252 e. The van der Waals surface area contributed by atoms with Gasteiger partial charge in [-0.25, -0.2) is 0 Å². The Hall–Kier alpha value is -2.14. The molecule has 4 aliphatic rings. The molecule has 1 aromatic rings. The number of aromatic hydroxyl groups is 1. The van der Waals surface area contributed by atoms with Gasteiger partial charge in [0, 0.05) is 36.4 Å². The molecule has 3 aliphatic carbocycles.